The number of carbonyl (C=O) groups excluding carboxylic acids is 1. The zero-order valence-corrected chi connectivity index (χ0v) is 10.8. The third kappa shape index (κ3) is 2.78. The summed E-state index contributed by atoms with van der Waals surface area (Å²) in [5, 5.41) is 2.86. The van der Waals surface area contributed by atoms with E-state index < -0.39 is 0 Å². The van der Waals surface area contributed by atoms with Gasteiger partial charge in [0.15, 0.2) is 0 Å². The van der Waals surface area contributed by atoms with Gasteiger partial charge in [-0.3, -0.25) is 4.79 Å². The second-order valence-electron chi connectivity index (χ2n) is 4.93. The van der Waals surface area contributed by atoms with E-state index >= 15 is 0 Å². The summed E-state index contributed by atoms with van der Waals surface area (Å²) in [5.74, 6) is 0.336. The van der Waals surface area contributed by atoms with Gasteiger partial charge in [0.1, 0.15) is 12.0 Å². The first-order valence-electron chi connectivity index (χ1n) is 6.42. The fourth-order valence-electron chi connectivity index (χ4n) is 2.02. The van der Waals surface area contributed by atoms with Gasteiger partial charge in [0.2, 0.25) is 0 Å². The van der Waals surface area contributed by atoms with Gasteiger partial charge in [0, 0.05) is 17.3 Å². The molecule has 1 amide bonds. The summed E-state index contributed by atoms with van der Waals surface area (Å²) in [4.78, 5) is 20.4. The van der Waals surface area contributed by atoms with Crippen molar-refractivity contribution in [1.29, 1.82) is 0 Å². The van der Waals surface area contributed by atoms with Crippen LogP contribution in [0.5, 0.6) is 0 Å². The SMILES string of the molecule is Cc1cccc(NC(=O)c2cc(C3CC3)ncn2)c1. The summed E-state index contributed by atoms with van der Waals surface area (Å²) >= 11 is 0. The highest BCUT2D eigenvalue weighted by atomic mass is 16.1. The van der Waals surface area contributed by atoms with Crippen molar-refractivity contribution in [3.8, 4) is 0 Å². The van der Waals surface area contributed by atoms with Crippen molar-refractivity contribution in [2.75, 3.05) is 5.32 Å². The number of nitrogens with zero attached hydrogens (tertiary/aromatic N) is 2. The number of aryl methyl sites for hydroxylation is 1. The molecule has 4 nitrogen and oxygen atoms in total. The molecule has 0 aliphatic heterocycles. The Kier molecular flexibility index (Phi) is 2.99. The van der Waals surface area contributed by atoms with Gasteiger partial charge in [0.05, 0.1) is 0 Å². The molecular weight excluding hydrogens is 238 g/mol. The Balaban J connectivity index is 1.78. The van der Waals surface area contributed by atoms with Crippen LogP contribution in [0.15, 0.2) is 36.7 Å². The Morgan fingerprint density at radius 2 is 2.11 bits per heavy atom. The predicted octanol–water partition coefficient (Wildman–Crippen LogP) is 2.91. The molecule has 2 aromatic rings. The first kappa shape index (κ1) is 11.8. The number of benzene rings is 1. The van der Waals surface area contributed by atoms with Crippen molar-refractivity contribution in [1.82, 2.24) is 9.97 Å². The van der Waals surface area contributed by atoms with Crippen molar-refractivity contribution in [3.63, 3.8) is 0 Å². The third-order valence-corrected chi connectivity index (χ3v) is 3.19. The largest absolute Gasteiger partial charge is 0.321 e. The summed E-state index contributed by atoms with van der Waals surface area (Å²) in [5.41, 5.74) is 3.30. The van der Waals surface area contributed by atoms with Crippen molar-refractivity contribution in [2.24, 2.45) is 0 Å². The van der Waals surface area contributed by atoms with Gasteiger partial charge in [-0.1, -0.05) is 12.1 Å². The Morgan fingerprint density at radius 1 is 1.26 bits per heavy atom. The molecule has 96 valence electrons. The topological polar surface area (TPSA) is 54.9 Å². The highest BCUT2D eigenvalue weighted by Crippen LogP contribution is 2.38. The lowest BCUT2D eigenvalue weighted by molar-refractivity contribution is 0.102. The van der Waals surface area contributed by atoms with Gasteiger partial charge in [-0.15, -0.1) is 0 Å². The molecule has 19 heavy (non-hydrogen) atoms. The van der Waals surface area contributed by atoms with Crippen LogP contribution in [0.3, 0.4) is 0 Å². The normalized spacial score (nSPS) is 14.2. The number of carbonyl (C=O) groups is 1. The molecule has 0 saturated heterocycles. The molecule has 0 radical (unpaired) electrons. The molecule has 1 heterocycles. The quantitative estimate of drug-likeness (QED) is 0.915. The minimum absolute atomic E-state index is 0.185. The predicted molar refractivity (Wildman–Crippen MR) is 73.1 cm³/mol. The van der Waals surface area contributed by atoms with Crippen LogP contribution in [-0.4, -0.2) is 15.9 Å². The van der Waals surface area contributed by atoms with E-state index in [1.165, 1.54) is 6.33 Å². The van der Waals surface area contributed by atoms with E-state index in [2.05, 4.69) is 15.3 Å². The summed E-state index contributed by atoms with van der Waals surface area (Å²) in [6.07, 6.45) is 3.80. The highest BCUT2D eigenvalue weighted by molar-refractivity contribution is 6.02. The smallest absolute Gasteiger partial charge is 0.274 e. The molecule has 0 unspecified atom stereocenters. The van der Waals surface area contributed by atoms with Gasteiger partial charge in [0.25, 0.3) is 5.91 Å². The fourth-order valence-corrected chi connectivity index (χ4v) is 2.02. The van der Waals surface area contributed by atoms with Crippen LogP contribution in [0.25, 0.3) is 0 Å². The highest BCUT2D eigenvalue weighted by Gasteiger charge is 2.25. The number of anilines is 1. The van der Waals surface area contributed by atoms with E-state index in [-0.39, 0.29) is 5.91 Å². The maximum atomic E-state index is 12.1. The second kappa shape index (κ2) is 4.80. The zero-order valence-electron chi connectivity index (χ0n) is 10.8. The molecule has 0 spiro atoms. The number of amides is 1. The Bertz CT molecular complexity index is 620. The van der Waals surface area contributed by atoms with Gasteiger partial charge < -0.3 is 5.32 Å². The van der Waals surface area contributed by atoms with Crippen LogP contribution in [0, 0.1) is 6.92 Å². The summed E-state index contributed by atoms with van der Waals surface area (Å²) in [6, 6.07) is 9.50. The van der Waals surface area contributed by atoms with E-state index in [4.69, 9.17) is 0 Å². The van der Waals surface area contributed by atoms with Crippen molar-refractivity contribution in [2.45, 2.75) is 25.7 Å². The van der Waals surface area contributed by atoms with Crippen LogP contribution in [0.4, 0.5) is 5.69 Å². The van der Waals surface area contributed by atoms with Crippen LogP contribution < -0.4 is 5.32 Å². The Morgan fingerprint density at radius 3 is 2.84 bits per heavy atom. The monoisotopic (exact) mass is 253 g/mol. The molecule has 1 aromatic heterocycles. The number of rotatable bonds is 3. The minimum atomic E-state index is -0.185. The molecule has 1 saturated carbocycles. The first-order valence-corrected chi connectivity index (χ1v) is 6.42. The van der Waals surface area contributed by atoms with E-state index in [1.807, 2.05) is 31.2 Å². The molecule has 4 heteroatoms. The molecule has 1 aliphatic carbocycles. The standard InChI is InChI=1S/C15H15N3O/c1-10-3-2-4-12(7-10)18-15(19)14-8-13(11-5-6-11)16-9-17-14/h2-4,7-9,11H,5-6H2,1H3,(H,18,19). The first-order chi connectivity index (χ1) is 9.22. The van der Waals surface area contributed by atoms with E-state index in [9.17, 15) is 4.79 Å². The number of nitrogens with one attached hydrogen (secondary N) is 1. The van der Waals surface area contributed by atoms with Crippen LogP contribution in [-0.2, 0) is 0 Å². The maximum Gasteiger partial charge on any atom is 0.274 e. The molecule has 1 fully saturated rings. The lowest BCUT2D eigenvalue weighted by Gasteiger charge is -2.06. The lowest BCUT2D eigenvalue weighted by atomic mass is 10.2. The van der Waals surface area contributed by atoms with Crippen LogP contribution >= 0.6 is 0 Å². The molecule has 1 N–H and O–H groups in total. The maximum absolute atomic E-state index is 12.1. The molecule has 1 aromatic carbocycles. The zero-order chi connectivity index (χ0) is 13.2. The Labute approximate surface area is 111 Å². The molecular formula is C15H15N3O. The average Bonchev–Trinajstić information content (AvgIpc) is 3.23. The van der Waals surface area contributed by atoms with Crippen molar-refractivity contribution in [3.05, 3.63) is 53.6 Å². The van der Waals surface area contributed by atoms with Gasteiger partial charge in [-0.2, -0.15) is 0 Å². The van der Waals surface area contributed by atoms with E-state index in [0.29, 0.717) is 11.6 Å². The second-order valence-corrected chi connectivity index (χ2v) is 4.93. The summed E-state index contributed by atoms with van der Waals surface area (Å²) < 4.78 is 0. The molecule has 1 aliphatic rings. The van der Waals surface area contributed by atoms with Crippen LogP contribution in [0.2, 0.25) is 0 Å². The number of hydrogen-bond donors (Lipinski definition) is 1. The Hall–Kier alpha value is -2.23. The number of hydrogen-bond acceptors (Lipinski definition) is 3. The third-order valence-electron chi connectivity index (χ3n) is 3.19. The fraction of sp³-hybridized carbons (Fsp3) is 0.267. The van der Waals surface area contributed by atoms with E-state index in [1.54, 1.807) is 6.07 Å². The summed E-state index contributed by atoms with van der Waals surface area (Å²) in [6.45, 7) is 1.99. The van der Waals surface area contributed by atoms with Gasteiger partial charge in [-0.25, -0.2) is 9.97 Å². The average molecular weight is 253 g/mol. The number of aromatic nitrogens is 2. The molecule has 0 bridgehead atoms. The lowest BCUT2D eigenvalue weighted by Crippen LogP contribution is -2.14. The van der Waals surface area contributed by atoms with Gasteiger partial charge >= 0.3 is 0 Å². The van der Waals surface area contributed by atoms with Gasteiger partial charge in [-0.05, 0) is 43.5 Å². The summed E-state index contributed by atoms with van der Waals surface area (Å²) in [7, 11) is 0. The molecule has 0 atom stereocenters. The van der Waals surface area contributed by atoms with Crippen molar-refractivity contribution < 1.29 is 4.79 Å². The van der Waals surface area contributed by atoms with E-state index in [0.717, 1.165) is 29.8 Å². The molecule has 3 rings (SSSR count). The van der Waals surface area contributed by atoms with Crippen molar-refractivity contribution >= 4 is 11.6 Å². The minimum Gasteiger partial charge on any atom is -0.321 e. The van der Waals surface area contributed by atoms with Crippen LogP contribution in [0.1, 0.15) is 40.5 Å².